The topological polar surface area (TPSA) is 165 Å². The number of benzene rings is 1. The highest BCUT2D eigenvalue weighted by Gasteiger charge is 2.04. The van der Waals surface area contributed by atoms with Gasteiger partial charge in [0.25, 0.3) is 0 Å². The van der Waals surface area contributed by atoms with Crippen molar-refractivity contribution in [2.45, 2.75) is 78.2 Å². The monoisotopic (exact) mass is 667 g/mol. The molecule has 0 aliphatic heterocycles. The Kier molecular flexibility index (Phi) is 25.3. The summed E-state index contributed by atoms with van der Waals surface area (Å²) < 4.78 is 14.7. The van der Waals surface area contributed by atoms with E-state index in [-0.39, 0.29) is 11.0 Å². The van der Waals surface area contributed by atoms with Gasteiger partial charge < -0.3 is 46.3 Å². The summed E-state index contributed by atoms with van der Waals surface area (Å²) in [6.07, 6.45) is 8.74. The zero-order valence-corrected chi connectivity index (χ0v) is 28.9. The molecule has 0 spiro atoms. The molecule has 1 aromatic carbocycles. The molecule has 13 heteroatoms. The Morgan fingerprint density at radius 3 is 2.22 bits per heavy atom. The molecular formula is C33H58ClN7O5. The Hall–Kier alpha value is -2.90. The molecule has 0 radical (unpaired) electrons. The van der Waals surface area contributed by atoms with Crippen molar-refractivity contribution in [1.82, 2.24) is 25.9 Å². The first-order valence-electron chi connectivity index (χ1n) is 16.7. The average Bonchev–Trinajstić information content (AvgIpc) is 3.05. The van der Waals surface area contributed by atoms with E-state index in [4.69, 9.17) is 26.8 Å². The predicted octanol–water partition coefficient (Wildman–Crippen LogP) is 5.03. The number of anilines is 1. The van der Waals surface area contributed by atoms with Gasteiger partial charge in [-0.25, -0.2) is 14.8 Å². The van der Waals surface area contributed by atoms with Crippen LogP contribution >= 0.6 is 11.6 Å². The van der Waals surface area contributed by atoms with Crippen molar-refractivity contribution >= 4 is 23.6 Å². The van der Waals surface area contributed by atoms with Crippen molar-refractivity contribution in [1.29, 1.82) is 0 Å². The van der Waals surface area contributed by atoms with Crippen molar-refractivity contribution < 1.29 is 24.1 Å². The standard InChI is InChI=1S/C18H34N4O2.C15H24ClN3O3/c1-24-18-14-16(6-7-17(18)23)15-22-13-5-12-21-10-3-2-9-20-11-4-8-19;1-3-12-11-13(19-14(16)18-12)17-9-7-5-6-8-10-22-15(20)21-4-2/h6-7,14,20-23H,2-5,8-13,15,19H2,1H3;11H,3-10H2,1-2H3,(H,17,18,19). The number of ether oxygens (including phenoxy) is 3. The van der Waals surface area contributed by atoms with Gasteiger partial charge in [0.15, 0.2) is 11.5 Å². The normalized spacial score (nSPS) is 10.6. The maximum absolute atomic E-state index is 10.9. The van der Waals surface area contributed by atoms with Crippen LogP contribution in [-0.4, -0.2) is 87.4 Å². The predicted molar refractivity (Wildman–Crippen MR) is 186 cm³/mol. The number of nitrogens with two attached hydrogens (primary N) is 1. The van der Waals surface area contributed by atoms with E-state index in [1.54, 1.807) is 20.1 Å². The summed E-state index contributed by atoms with van der Waals surface area (Å²) in [7, 11) is 1.56. The lowest BCUT2D eigenvalue weighted by Gasteiger charge is -2.09. The lowest BCUT2D eigenvalue weighted by atomic mass is 10.2. The molecule has 46 heavy (non-hydrogen) atoms. The number of nitrogens with one attached hydrogen (secondary N) is 4. The first-order valence-corrected chi connectivity index (χ1v) is 17.1. The minimum atomic E-state index is -0.587. The number of aryl methyl sites for hydroxylation is 1. The van der Waals surface area contributed by atoms with Crippen LogP contribution in [0.25, 0.3) is 0 Å². The van der Waals surface area contributed by atoms with Gasteiger partial charge in [-0.05, 0) is 127 Å². The number of rotatable bonds is 25. The second kappa shape index (κ2) is 28.3. The minimum Gasteiger partial charge on any atom is -0.504 e. The number of hydrogen-bond donors (Lipinski definition) is 6. The second-order valence-electron chi connectivity index (χ2n) is 10.6. The van der Waals surface area contributed by atoms with E-state index in [0.29, 0.717) is 19.0 Å². The van der Waals surface area contributed by atoms with Crippen LogP contribution in [0.2, 0.25) is 5.28 Å². The third-order valence-electron chi connectivity index (χ3n) is 6.77. The molecule has 0 aliphatic carbocycles. The van der Waals surface area contributed by atoms with Crippen LogP contribution in [0.5, 0.6) is 11.5 Å². The summed E-state index contributed by atoms with van der Waals surface area (Å²) in [5.41, 5.74) is 7.48. The lowest BCUT2D eigenvalue weighted by Crippen LogP contribution is -2.24. The number of unbranched alkanes of at least 4 members (excludes halogenated alkanes) is 4. The van der Waals surface area contributed by atoms with Crippen molar-refractivity contribution in [2.75, 3.05) is 71.5 Å². The molecule has 0 fully saturated rings. The summed E-state index contributed by atoms with van der Waals surface area (Å²) in [4.78, 5) is 19.2. The molecule has 12 nitrogen and oxygen atoms in total. The molecule has 0 aliphatic rings. The van der Waals surface area contributed by atoms with Crippen LogP contribution in [0.1, 0.15) is 76.5 Å². The highest BCUT2D eigenvalue weighted by Crippen LogP contribution is 2.26. The number of methoxy groups -OCH3 is 1. The quantitative estimate of drug-likeness (QED) is 0.0476. The van der Waals surface area contributed by atoms with E-state index in [9.17, 15) is 9.90 Å². The summed E-state index contributed by atoms with van der Waals surface area (Å²) >= 11 is 5.86. The molecule has 1 aromatic heterocycles. The second-order valence-corrected chi connectivity index (χ2v) is 11.0. The summed E-state index contributed by atoms with van der Waals surface area (Å²) in [5, 5.41) is 23.3. The molecule has 2 aromatic rings. The first-order chi connectivity index (χ1) is 22.4. The van der Waals surface area contributed by atoms with E-state index < -0.39 is 6.16 Å². The fourth-order valence-electron chi connectivity index (χ4n) is 4.23. The molecule has 0 saturated heterocycles. The average molecular weight is 668 g/mol. The minimum absolute atomic E-state index is 0.181. The van der Waals surface area contributed by atoms with E-state index in [1.165, 1.54) is 12.8 Å². The number of aromatic hydroxyl groups is 1. The SMILES string of the molecule is CCOC(=O)OCCCCCCNc1cc(CC)nc(Cl)n1.COc1cc(CNCCCNCCCCNCCCN)ccc1O. The van der Waals surface area contributed by atoms with E-state index in [1.807, 2.05) is 25.1 Å². The van der Waals surface area contributed by atoms with Gasteiger partial charge in [0.1, 0.15) is 5.82 Å². The van der Waals surface area contributed by atoms with Crippen molar-refractivity contribution in [3.8, 4) is 11.5 Å². The largest absolute Gasteiger partial charge is 0.508 e. The molecule has 1 heterocycles. The van der Waals surface area contributed by atoms with Crippen LogP contribution in [0.4, 0.5) is 10.6 Å². The maximum Gasteiger partial charge on any atom is 0.508 e. The lowest BCUT2D eigenvalue weighted by molar-refractivity contribution is 0.0578. The van der Waals surface area contributed by atoms with Crippen LogP contribution in [0.3, 0.4) is 0 Å². The van der Waals surface area contributed by atoms with E-state index in [2.05, 4.69) is 36.0 Å². The third-order valence-corrected chi connectivity index (χ3v) is 6.94. The number of carbonyl (C=O) groups excluding carboxylic acids is 1. The maximum atomic E-state index is 10.9. The Bertz CT molecular complexity index is 1050. The van der Waals surface area contributed by atoms with E-state index >= 15 is 0 Å². The summed E-state index contributed by atoms with van der Waals surface area (Å²) in [6, 6.07) is 7.36. The Morgan fingerprint density at radius 2 is 1.52 bits per heavy atom. The van der Waals surface area contributed by atoms with Gasteiger partial charge in [0.05, 0.1) is 20.3 Å². The van der Waals surface area contributed by atoms with Crippen LogP contribution in [-0.2, 0) is 22.4 Å². The number of aromatic nitrogens is 2. The molecule has 0 unspecified atom stereocenters. The van der Waals surface area contributed by atoms with Gasteiger partial charge in [0, 0.05) is 24.8 Å². The molecule has 0 atom stereocenters. The van der Waals surface area contributed by atoms with Crippen LogP contribution in [0.15, 0.2) is 24.3 Å². The molecule has 0 bridgehead atoms. The highest BCUT2D eigenvalue weighted by atomic mass is 35.5. The molecule has 0 amide bonds. The Labute approximate surface area is 280 Å². The molecule has 7 N–H and O–H groups in total. The fraction of sp³-hybridized carbons (Fsp3) is 0.667. The zero-order chi connectivity index (χ0) is 33.7. The fourth-order valence-corrected chi connectivity index (χ4v) is 4.43. The van der Waals surface area contributed by atoms with Crippen molar-refractivity contribution in [3.05, 3.63) is 40.8 Å². The van der Waals surface area contributed by atoms with Gasteiger partial charge in [-0.3, -0.25) is 0 Å². The number of halogens is 1. The van der Waals surface area contributed by atoms with Crippen molar-refractivity contribution in [3.63, 3.8) is 0 Å². The van der Waals surface area contributed by atoms with Gasteiger partial charge in [-0.1, -0.05) is 19.4 Å². The highest BCUT2D eigenvalue weighted by molar-refractivity contribution is 6.28. The number of carbonyl (C=O) groups is 1. The zero-order valence-electron chi connectivity index (χ0n) is 28.2. The molecule has 2 rings (SSSR count). The van der Waals surface area contributed by atoms with Crippen LogP contribution < -0.4 is 31.7 Å². The summed E-state index contributed by atoms with van der Waals surface area (Å²) in [6.45, 7) is 12.1. The van der Waals surface area contributed by atoms with Gasteiger partial charge >= 0.3 is 6.16 Å². The number of phenols is 1. The number of phenolic OH excluding ortho intramolecular Hbond substituents is 1. The Balaban J connectivity index is 0.000000462. The molecular weight excluding hydrogens is 610 g/mol. The van der Waals surface area contributed by atoms with Crippen molar-refractivity contribution in [2.24, 2.45) is 5.73 Å². The smallest absolute Gasteiger partial charge is 0.504 e. The van der Waals surface area contributed by atoms with Gasteiger partial charge in [0.2, 0.25) is 5.28 Å². The first kappa shape index (κ1) is 41.1. The Morgan fingerprint density at radius 1 is 0.848 bits per heavy atom. The molecule has 0 saturated carbocycles. The number of nitrogens with zero attached hydrogens (tertiary/aromatic N) is 2. The number of hydrogen-bond acceptors (Lipinski definition) is 12. The third kappa shape index (κ3) is 21.8. The molecule has 262 valence electrons. The summed E-state index contributed by atoms with van der Waals surface area (Å²) in [5.74, 6) is 1.47. The van der Waals surface area contributed by atoms with E-state index in [0.717, 1.165) is 114 Å². The van der Waals surface area contributed by atoms with Gasteiger partial charge in [-0.15, -0.1) is 0 Å². The van der Waals surface area contributed by atoms with Crippen LogP contribution in [0, 0.1) is 0 Å². The van der Waals surface area contributed by atoms with Gasteiger partial charge in [-0.2, -0.15) is 0 Å².